The highest BCUT2D eigenvalue weighted by atomic mass is 16.2. The molecule has 110 valence electrons. The number of anilines is 1. The number of hydrogen-bond donors (Lipinski definition) is 2. The molecule has 1 amide bonds. The number of nitrogens with one attached hydrogen (secondary N) is 2. The molecule has 20 heavy (non-hydrogen) atoms. The highest BCUT2D eigenvalue weighted by Gasteiger charge is 2.27. The summed E-state index contributed by atoms with van der Waals surface area (Å²) in [6, 6.07) is 3.77. The average molecular weight is 276 g/mol. The zero-order valence-electron chi connectivity index (χ0n) is 12.5. The Labute approximate surface area is 120 Å². The van der Waals surface area contributed by atoms with E-state index in [2.05, 4.69) is 34.7 Å². The Morgan fingerprint density at radius 2 is 2.10 bits per heavy atom. The van der Waals surface area contributed by atoms with Gasteiger partial charge in [0, 0.05) is 12.6 Å². The van der Waals surface area contributed by atoms with Crippen LogP contribution in [-0.4, -0.2) is 28.7 Å². The lowest BCUT2D eigenvalue weighted by molar-refractivity contribution is 0.0893. The molecule has 1 fully saturated rings. The first-order chi connectivity index (χ1) is 9.60. The molecule has 0 saturated heterocycles. The third-order valence-corrected chi connectivity index (χ3v) is 4.00. The van der Waals surface area contributed by atoms with E-state index >= 15 is 0 Å². The van der Waals surface area contributed by atoms with Crippen LogP contribution in [0.2, 0.25) is 0 Å². The largest absolute Gasteiger partial charge is 0.369 e. The molecule has 0 aliphatic heterocycles. The fourth-order valence-corrected chi connectivity index (χ4v) is 2.85. The third kappa shape index (κ3) is 3.68. The summed E-state index contributed by atoms with van der Waals surface area (Å²) in [5, 5.41) is 14.1. The van der Waals surface area contributed by atoms with Crippen LogP contribution >= 0.6 is 0 Å². The van der Waals surface area contributed by atoms with Crippen molar-refractivity contribution < 1.29 is 4.79 Å². The van der Waals surface area contributed by atoms with Gasteiger partial charge < -0.3 is 10.6 Å². The first-order valence-electron chi connectivity index (χ1n) is 7.48. The smallest absolute Gasteiger partial charge is 0.272 e. The summed E-state index contributed by atoms with van der Waals surface area (Å²) < 4.78 is 0. The lowest BCUT2D eigenvalue weighted by Crippen LogP contribution is -2.42. The van der Waals surface area contributed by atoms with Crippen LogP contribution in [0.1, 0.15) is 50.5 Å². The molecular weight excluding hydrogens is 252 g/mol. The topological polar surface area (TPSA) is 66.9 Å². The van der Waals surface area contributed by atoms with E-state index in [9.17, 15) is 4.79 Å². The third-order valence-electron chi connectivity index (χ3n) is 4.00. The zero-order valence-corrected chi connectivity index (χ0v) is 12.5. The van der Waals surface area contributed by atoms with E-state index < -0.39 is 0 Å². The molecule has 0 bridgehead atoms. The lowest BCUT2D eigenvalue weighted by Gasteiger charge is -2.33. The van der Waals surface area contributed by atoms with Gasteiger partial charge in [-0.1, -0.05) is 13.8 Å². The summed E-state index contributed by atoms with van der Waals surface area (Å²) in [7, 11) is 0. The Hall–Kier alpha value is -1.65. The maximum atomic E-state index is 12.2. The van der Waals surface area contributed by atoms with Gasteiger partial charge in [-0.05, 0) is 50.2 Å². The maximum absolute atomic E-state index is 12.2. The highest BCUT2D eigenvalue weighted by molar-refractivity contribution is 5.92. The molecule has 5 heteroatoms. The second-order valence-electron chi connectivity index (χ2n) is 5.81. The van der Waals surface area contributed by atoms with Crippen molar-refractivity contribution >= 4 is 11.7 Å². The van der Waals surface area contributed by atoms with E-state index in [-0.39, 0.29) is 11.9 Å². The van der Waals surface area contributed by atoms with Crippen LogP contribution in [-0.2, 0) is 0 Å². The minimum absolute atomic E-state index is 0.119. The van der Waals surface area contributed by atoms with Crippen molar-refractivity contribution in [2.45, 2.75) is 46.1 Å². The van der Waals surface area contributed by atoms with E-state index in [1.54, 1.807) is 12.1 Å². The van der Waals surface area contributed by atoms with Crippen molar-refractivity contribution in [3.05, 3.63) is 17.8 Å². The van der Waals surface area contributed by atoms with Gasteiger partial charge in [0.25, 0.3) is 5.91 Å². The Balaban J connectivity index is 1.94. The van der Waals surface area contributed by atoms with Crippen molar-refractivity contribution in [3.8, 4) is 0 Å². The fraction of sp³-hybridized carbons (Fsp3) is 0.667. The van der Waals surface area contributed by atoms with Gasteiger partial charge in [-0.2, -0.15) is 0 Å². The maximum Gasteiger partial charge on any atom is 0.272 e. The van der Waals surface area contributed by atoms with Crippen LogP contribution in [0.4, 0.5) is 5.82 Å². The molecule has 3 atom stereocenters. The first-order valence-corrected chi connectivity index (χ1v) is 7.48. The quantitative estimate of drug-likeness (QED) is 0.886. The zero-order chi connectivity index (χ0) is 14.5. The standard InChI is InChI=1S/C15H24N4O/c1-4-16-14-8-7-13(18-19-14)15(20)17-12-6-5-10(2)9-11(12)3/h7-8,10-12H,4-6,9H2,1-3H3,(H,16,19)(H,17,20). The van der Waals surface area contributed by atoms with E-state index in [4.69, 9.17) is 0 Å². The number of carbonyl (C=O) groups is 1. The molecule has 1 aromatic rings. The molecule has 3 unspecified atom stereocenters. The Morgan fingerprint density at radius 3 is 2.70 bits per heavy atom. The first kappa shape index (κ1) is 14.8. The van der Waals surface area contributed by atoms with Crippen LogP contribution in [0.5, 0.6) is 0 Å². The molecule has 2 N–H and O–H groups in total. The number of hydrogen-bond acceptors (Lipinski definition) is 4. The van der Waals surface area contributed by atoms with Crippen LogP contribution in [0.15, 0.2) is 12.1 Å². The van der Waals surface area contributed by atoms with Crippen molar-refractivity contribution in [2.75, 3.05) is 11.9 Å². The van der Waals surface area contributed by atoms with Crippen molar-refractivity contribution in [2.24, 2.45) is 11.8 Å². The molecule has 1 heterocycles. The molecule has 0 radical (unpaired) electrons. The number of amides is 1. The molecule has 1 aliphatic rings. The number of carbonyl (C=O) groups excluding carboxylic acids is 1. The molecule has 5 nitrogen and oxygen atoms in total. The van der Waals surface area contributed by atoms with Crippen molar-refractivity contribution in [1.29, 1.82) is 0 Å². The Morgan fingerprint density at radius 1 is 1.30 bits per heavy atom. The Kier molecular flexibility index (Phi) is 4.93. The van der Waals surface area contributed by atoms with Gasteiger partial charge in [0.15, 0.2) is 5.69 Å². The lowest BCUT2D eigenvalue weighted by atomic mass is 9.80. The number of rotatable bonds is 4. The van der Waals surface area contributed by atoms with E-state index in [1.165, 1.54) is 12.8 Å². The summed E-state index contributed by atoms with van der Waals surface area (Å²) in [4.78, 5) is 12.2. The normalized spacial score (nSPS) is 26.1. The van der Waals surface area contributed by atoms with E-state index in [0.29, 0.717) is 17.4 Å². The van der Waals surface area contributed by atoms with Gasteiger partial charge in [-0.25, -0.2) is 0 Å². The predicted molar refractivity (Wildman–Crippen MR) is 79.6 cm³/mol. The summed E-state index contributed by atoms with van der Waals surface area (Å²) in [5.41, 5.74) is 0.387. The van der Waals surface area contributed by atoms with Crippen LogP contribution in [0, 0.1) is 11.8 Å². The van der Waals surface area contributed by atoms with Crippen LogP contribution in [0.3, 0.4) is 0 Å². The van der Waals surface area contributed by atoms with Gasteiger partial charge in [0.1, 0.15) is 5.82 Å². The predicted octanol–water partition coefficient (Wildman–Crippen LogP) is 2.46. The fourth-order valence-electron chi connectivity index (χ4n) is 2.85. The van der Waals surface area contributed by atoms with Gasteiger partial charge in [0.2, 0.25) is 0 Å². The van der Waals surface area contributed by atoms with Gasteiger partial charge in [-0.3, -0.25) is 4.79 Å². The number of aromatic nitrogens is 2. The monoisotopic (exact) mass is 276 g/mol. The minimum Gasteiger partial charge on any atom is -0.369 e. The molecule has 1 saturated carbocycles. The summed E-state index contributed by atoms with van der Waals surface area (Å²) >= 11 is 0. The number of nitrogens with zero attached hydrogens (tertiary/aromatic N) is 2. The second kappa shape index (κ2) is 6.68. The van der Waals surface area contributed by atoms with E-state index in [1.807, 2.05) is 6.92 Å². The second-order valence-corrected chi connectivity index (χ2v) is 5.81. The van der Waals surface area contributed by atoms with Crippen molar-refractivity contribution in [1.82, 2.24) is 15.5 Å². The molecule has 0 aromatic carbocycles. The SMILES string of the molecule is CCNc1ccc(C(=O)NC2CCC(C)CC2C)nn1. The molecule has 1 aromatic heterocycles. The molecule has 1 aliphatic carbocycles. The summed E-state index contributed by atoms with van der Waals surface area (Å²) in [6.45, 7) is 7.27. The molecule has 0 spiro atoms. The van der Waals surface area contributed by atoms with Gasteiger partial charge >= 0.3 is 0 Å². The van der Waals surface area contributed by atoms with Gasteiger partial charge in [-0.15, -0.1) is 10.2 Å². The van der Waals surface area contributed by atoms with Gasteiger partial charge in [0.05, 0.1) is 0 Å². The van der Waals surface area contributed by atoms with Crippen LogP contribution in [0.25, 0.3) is 0 Å². The average Bonchev–Trinajstić information content (AvgIpc) is 2.43. The van der Waals surface area contributed by atoms with Crippen molar-refractivity contribution in [3.63, 3.8) is 0 Å². The van der Waals surface area contributed by atoms with E-state index in [0.717, 1.165) is 18.9 Å². The summed E-state index contributed by atoms with van der Waals surface area (Å²) in [5.74, 6) is 1.87. The minimum atomic E-state index is -0.119. The Bertz CT molecular complexity index is 446. The molecular formula is C15H24N4O. The van der Waals surface area contributed by atoms with Crippen LogP contribution < -0.4 is 10.6 Å². The molecule has 2 rings (SSSR count). The summed E-state index contributed by atoms with van der Waals surface area (Å²) in [6.07, 6.45) is 3.41. The highest BCUT2D eigenvalue weighted by Crippen LogP contribution is 2.28.